The molecule has 0 bridgehead atoms. The van der Waals surface area contributed by atoms with E-state index in [1.807, 2.05) is 19.1 Å². The Hall–Kier alpha value is -1.32. The van der Waals surface area contributed by atoms with Gasteiger partial charge in [0.15, 0.2) is 0 Å². The van der Waals surface area contributed by atoms with Gasteiger partial charge in [0.25, 0.3) is 0 Å². The molecule has 1 amide bonds. The summed E-state index contributed by atoms with van der Waals surface area (Å²) in [4.78, 5) is 11.5. The minimum Gasteiger partial charge on any atom is -0.349 e. The van der Waals surface area contributed by atoms with Crippen LogP contribution < -0.4 is 11.1 Å². The van der Waals surface area contributed by atoms with Crippen LogP contribution in [0.1, 0.15) is 18.9 Å². The van der Waals surface area contributed by atoms with E-state index in [1.165, 1.54) is 6.08 Å². The van der Waals surface area contributed by atoms with Gasteiger partial charge < -0.3 is 11.1 Å². The summed E-state index contributed by atoms with van der Waals surface area (Å²) in [6.45, 7) is 2.44. The van der Waals surface area contributed by atoms with E-state index in [0.29, 0.717) is 11.6 Å². The molecule has 1 rings (SSSR count). The van der Waals surface area contributed by atoms with Crippen LogP contribution in [0.3, 0.4) is 0 Å². The van der Waals surface area contributed by atoms with Gasteiger partial charge in [0.05, 0.1) is 0 Å². The van der Waals surface area contributed by atoms with Crippen molar-refractivity contribution in [3.05, 3.63) is 40.9 Å². The van der Waals surface area contributed by atoms with Crippen LogP contribution in [0.25, 0.3) is 6.08 Å². The number of hydrogen-bond donors (Lipinski definition) is 2. The van der Waals surface area contributed by atoms with E-state index in [4.69, 9.17) is 17.3 Å². The lowest BCUT2D eigenvalue weighted by Crippen LogP contribution is -2.38. The summed E-state index contributed by atoms with van der Waals surface area (Å²) < 4.78 is 0. The van der Waals surface area contributed by atoms with Gasteiger partial charge in [0.2, 0.25) is 5.91 Å². The van der Waals surface area contributed by atoms with Crippen LogP contribution >= 0.6 is 11.6 Å². The number of amides is 1. The maximum Gasteiger partial charge on any atom is 0.244 e. The molecule has 92 valence electrons. The van der Waals surface area contributed by atoms with Crippen LogP contribution in [0, 0.1) is 0 Å². The zero-order chi connectivity index (χ0) is 12.7. The Morgan fingerprint density at radius 1 is 1.47 bits per heavy atom. The summed E-state index contributed by atoms with van der Waals surface area (Å²) in [5.41, 5.74) is 6.44. The molecule has 1 aromatic rings. The molecule has 0 saturated carbocycles. The third-order valence-corrected chi connectivity index (χ3v) is 2.67. The van der Waals surface area contributed by atoms with Crippen molar-refractivity contribution >= 4 is 23.6 Å². The van der Waals surface area contributed by atoms with Crippen molar-refractivity contribution in [2.75, 3.05) is 6.54 Å². The first kappa shape index (κ1) is 13.7. The number of nitrogens with two attached hydrogens (primary N) is 1. The van der Waals surface area contributed by atoms with Crippen molar-refractivity contribution in [3.63, 3.8) is 0 Å². The molecule has 0 fully saturated rings. The molecule has 3 nitrogen and oxygen atoms in total. The van der Waals surface area contributed by atoms with Gasteiger partial charge in [-0.05, 0) is 30.2 Å². The average molecular weight is 253 g/mol. The molecule has 0 spiro atoms. The Morgan fingerprint density at radius 2 is 2.12 bits per heavy atom. The highest BCUT2D eigenvalue weighted by Crippen LogP contribution is 2.10. The number of hydrogen-bond acceptors (Lipinski definition) is 2. The van der Waals surface area contributed by atoms with Gasteiger partial charge in [0.1, 0.15) is 0 Å². The number of carbonyl (C=O) groups is 1. The lowest BCUT2D eigenvalue weighted by atomic mass is 10.2. The van der Waals surface area contributed by atoms with Crippen molar-refractivity contribution in [1.29, 1.82) is 0 Å². The summed E-state index contributed by atoms with van der Waals surface area (Å²) in [5.74, 6) is -0.128. The van der Waals surface area contributed by atoms with Crippen molar-refractivity contribution in [2.24, 2.45) is 5.73 Å². The lowest BCUT2D eigenvalue weighted by molar-refractivity contribution is -0.117. The van der Waals surface area contributed by atoms with Crippen LogP contribution in [-0.2, 0) is 4.79 Å². The zero-order valence-electron chi connectivity index (χ0n) is 9.82. The highest BCUT2D eigenvalue weighted by molar-refractivity contribution is 6.30. The van der Waals surface area contributed by atoms with Crippen LogP contribution in [0.2, 0.25) is 5.02 Å². The van der Waals surface area contributed by atoms with E-state index in [0.717, 1.165) is 12.0 Å². The minimum absolute atomic E-state index is 0.0392. The normalized spacial score (nSPS) is 12.6. The second kappa shape index (κ2) is 7.09. The largest absolute Gasteiger partial charge is 0.349 e. The standard InChI is InChI=1S/C13H17ClN2O/c1-2-12(9-15)16-13(17)8-5-10-3-6-11(14)7-4-10/h3-8,12H,2,9,15H2,1H3,(H,16,17)/b8-5+. The monoisotopic (exact) mass is 252 g/mol. The second-order valence-electron chi connectivity index (χ2n) is 3.73. The average Bonchev–Trinajstić information content (AvgIpc) is 2.35. The predicted molar refractivity (Wildman–Crippen MR) is 71.8 cm³/mol. The maximum atomic E-state index is 11.5. The van der Waals surface area contributed by atoms with Gasteiger partial charge >= 0.3 is 0 Å². The molecule has 4 heteroatoms. The summed E-state index contributed by atoms with van der Waals surface area (Å²) in [7, 11) is 0. The summed E-state index contributed by atoms with van der Waals surface area (Å²) in [6, 6.07) is 7.32. The maximum absolute atomic E-state index is 11.5. The first-order chi connectivity index (χ1) is 8.15. The fourth-order valence-electron chi connectivity index (χ4n) is 1.32. The fraction of sp³-hybridized carbons (Fsp3) is 0.308. The van der Waals surface area contributed by atoms with Gasteiger partial charge in [-0.2, -0.15) is 0 Å². The molecule has 3 N–H and O–H groups in total. The molecular weight excluding hydrogens is 236 g/mol. The molecule has 0 radical (unpaired) electrons. The third-order valence-electron chi connectivity index (χ3n) is 2.42. The number of halogens is 1. The lowest BCUT2D eigenvalue weighted by Gasteiger charge is -2.12. The fourth-order valence-corrected chi connectivity index (χ4v) is 1.45. The molecule has 1 atom stereocenters. The quantitative estimate of drug-likeness (QED) is 0.790. The van der Waals surface area contributed by atoms with E-state index in [1.54, 1.807) is 18.2 Å². The van der Waals surface area contributed by atoms with E-state index in [-0.39, 0.29) is 11.9 Å². The molecule has 0 heterocycles. The highest BCUT2D eigenvalue weighted by Gasteiger charge is 2.04. The Kier molecular flexibility index (Phi) is 5.73. The molecule has 17 heavy (non-hydrogen) atoms. The van der Waals surface area contributed by atoms with Crippen molar-refractivity contribution in [1.82, 2.24) is 5.32 Å². The molecule has 1 unspecified atom stereocenters. The zero-order valence-corrected chi connectivity index (χ0v) is 10.6. The van der Waals surface area contributed by atoms with Gasteiger partial charge in [0, 0.05) is 23.7 Å². The predicted octanol–water partition coefficient (Wildman–Crippen LogP) is 2.21. The van der Waals surface area contributed by atoms with Crippen molar-refractivity contribution in [3.8, 4) is 0 Å². The molecule has 0 aromatic heterocycles. The van der Waals surface area contributed by atoms with E-state index in [2.05, 4.69) is 5.32 Å². The molecule has 0 saturated heterocycles. The second-order valence-corrected chi connectivity index (χ2v) is 4.17. The molecule has 0 aliphatic carbocycles. The molecule has 0 aliphatic rings. The number of carbonyl (C=O) groups excluding carboxylic acids is 1. The SMILES string of the molecule is CCC(CN)NC(=O)/C=C/c1ccc(Cl)cc1. The topological polar surface area (TPSA) is 55.1 Å². The van der Waals surface area contributed by atoms with Crippen LogP contribution in [0.4, 0.5) is 0 Å². The van der Waals surface area contributed by atoms with Gasteiger partial charge in [-0.25, -0.2) is 0 Å². The molecule has 1 aromatic carbocycles. The Labute approximate surface area is 107 Å². The third kappa shape index (κ3) is 5.02. The Balaban J connectivity index is 2.53. The number of benzene rings is 1. The van der Waals surface area contributed by atoms with E-state index >= 15 is 0 Å². The van der Waals surface area contributed by atoms with E-state index < -0.39 is 0 Å². The first-order valence-electron chi connectivity index (χ1n) is 5.60. The highest BCUT2D eigenvalue weighted by atomic mass is 35.5. The van der Waals surface area contributed by atoms with Crippen LogP contribution in [0.15, 0.2) is 30.3 Å². The Morgan fingerprint density at radius 3 is 2.65 bits per heavy atom. The van der Waals surface area contributed by atoms with Gasteiger partial charge in [-0.15, -0.1) is 0 Å². The van der Waals surface area contributed by atoms with Crippen molar-refractivity contribution < 1.29 is 4.79 Å². The summed E-state index contributed by atoms with van der Waals surface area (Å²) >= 11 is 5.76. The number of rotatable bonds is 5. The summed E-state index contributed by atoms with van der Waals surface area (Å²) in [6.07, 6.45) is 4.08. The van der Waals surface area contributed by atoms with Crippen LogP contribution in [-0.4, -0.2) is 18.5 Å². The van der Waals surface area contributed by atoms with Crippen LogP contribution in [0.5, 0.6) is 0 Å². The molecule has 0 aliphatic heterocycles. The van der Waals surface area contributed by atoms with Crippen molar-refractivity contribution in [2.45, 2.75) is 19.4 Å². The first-order valence-corrected chi connectivity index (χ1v) is 5.97. The summed E-state index contributed by atoms with van der Waals surface area (Å²) in [5, 5.41) is 3.50. The smallest absolute Gasteiger partial charge is 0.244 e. The minimum atomic E-state index is -0.128. The number of nitrogens with one attached hydrogen (secondary N) is 1. The Bertz CT molecular complexity index is 383. The van der Waals surface area contributed by atoms with E-state index in [9.17, 15) is 4.79 Å². The van der Waals surface area contributed by atoms with Gasteiger partial charge in [-0.3, -0.25) is 4.79 Å². The van der Waals surface area contributed by atoms with Gasteiger partial charge in [-0.1, -0.05) is 30.7 Å². The molecular formula is C13H17ClN2O.